The van der Waals surface area contributed by atoms with Crippen LogP contribution in [0.4, 0.5) is 11.8 Å². The Morgan fingerprint density at radius 2 is 2.12 bits per heavy atom. The van der Waals surface area contributed by atoms with Crippen molar-refractivity contribution < 1.29 is 4.79 Å². The van der Waals surface area contributed by atoms with Crippen molar-refractivity contribution in [2.45, 2.75) is 19.9 Å². The molecular formula is C16H15ClN6O2. The van der Waals surface area contributed by atoms with E-state index >= 15 is 0 Å². The number of halogens is 1. The van der Waals surface area contributed by atoms with E-state index in [2.05, 4.69) is 30.6 Å². The van der Waals surface area contributed by atoms with E-state index in [9.17, 15) is 9.59 Å². The molecule has 1 atom stereocenters. The maximum Gasteiger partial charge on any atom is 0.254 e. The maximum absolute atomic E-state index is 12.3. The van der Waals surface area contributed by atoms with Crippen LogP contribution in [0.25, 0.3) is 11.0 Å². The number of H-pyrrole nitrogens is 1. The number of fused-ring (bicyclic) bond motifs is 1. The molecule has 128 valence electrons. The molecule has 0 aliphatic carbocycles. The van der Waals surface area contributed by atoms with Crippen molar-refractivity contribution in [3.63, 3.8) is 0 Å². The highest BCUT2D eigenvalue weighted by Gasteiger charge is 2.13. The Kier molecular flexibility index (Phi) is 4.62. The fourth-order valence-electron chi connectivity index (χ4n) is 2.35. The number of carbonyl (C=O) groups excluding carboxylic acids is 1. The normalized spacial score (nSPS) is 12.0. The molecule has 0 spiro atoms. The summed E-state index contributed by atoms with van der Waals surface area (Å²) in [6, 6.07) is 4.65. The molecule has 0 aliphatic heterocycles. The first-order valence-electron chi connectivity index (χ1n) is 7.48. The van der Waals surface area contributed by atoms with Gasteiger partial charge in [0.25, 0.3) is 5.56 Å². The minimum atomic E-state index is -0.375. The molecule has 3 N–H and O–H groups in total. The molecule has 0 unspecified atom stereocenters. The number of rotatable bonds is 4. The van der Waals surface area contributed by atoms with E-state index in [0.29, 0.717) is 28.0 Å². The predicted octanol–water partition coefficient (Wildman–Crippen LogP) is 2.50. The largest absolute Gasteiger partial charge is 0.347 e. The highest BCUT2D eigenvalue weighted by molar-refractivity contribution is 6.31. The molecule has 3 aromatic heterocycles. The van der Waals surface area contributed by atoms with Crippen LogP contribution in [-0.2, 0) is 4.79 Å². The lowest BCUT2D eigenvalue weighted by atomic mass is 10.1. The maximum atomic E-state index is 12.3. The molecule has 0 fully saturated rings. The van der Waals surface area contributed by atoms with Gasteiger partial charge in [0.1, 0.15) is 11.5 Å². The number of aromatic amines is 1. The molecular weight excluding hydrogens is 344 g/mol. The Morgan fingerprint density at radius 3 is 2.88 bits per heavy atom. The van der Waals surface area contributed by atoms with Crippen LogP contribution in [-0.4, -0.2) is 25.8 Å². The van der Waals surface area contributed by atoms with Gasteiger partial charge in [0.15, 0.2) is 0 Å². The number of pyridine rings is 2. The number of carbonyl (C=O) groups is 1. The summed E-state index contributed by atoms with van der Waals surface area (Å²) < 4.78 is 0. The van der Waals surface area contributed by atoms with E-state index < -0.39 is 0 Å². The Morgan fingerprint density at radius 1 is 1.32 bits per heavy atom. The summed E-state index contributed by atoms with van der Waals surface area (Å²) in [5, 5.41) is 6.83. The second kappa shape index (κ2) is 6.86. The molecule has 3 rings (SSSR count). The van der Waals surface area contributed by atoms with Gasteiger partial charge in [-0.2, -0.15) is 4.98 Å². The SMILES string of the molecule is CC(=O)Nc1ccnc(N[C@@H](C)c2cc3cc(Cl)cnc3[nH]c2=O)n1. The number of anilines is 2. The highest BCUT2D eigenvalue weighted by atomic mass is 35.5. The molecule has 0 saturated heterocycles. The highest BCUT2D eigenvalue weighted by Crippen LogP contribution is 2.19. The van der Waals surface area contributed by atoms with Crippen molar-refractivity contribution in [2.24, 2.45) is 0 Å². The summed E-state index contributed by atoms with van der Waals surface area (Å²) in [5.74, 6) is 0.441. The van der Waals surface area contributed by atoms with Gasteiger partial charge in [0, 0.05) is 30.3 Å². The lowest BCUT2D eigenvalue weighted by Gasteiger charge is -2.14. The van der Waals surface area contributed by atoms with Crippen LogP contribution in [0.2, 0.25) is 5.02 Å². The summed E-state index contributed by atoms with van der Waals surface area (Å²) in [7, 11) is 0. The van der Waals surface area contributed by atoms with Crippen LogP contribution in [0.1, 0.15) is 25.5 Å². The number of hydrogen-bond donors (Lipinski definition) is 3. The van der Waals surface area contributed by atoms with Crippen molar-refractivity contribution in [1.29, 1.82) is 0 Å². The summed E-state index contributed by atoms with van der Waals surface area (Å²) in [6.07, 6.45) is 2.99. The molecule has 0 aromatic carbocycles. The molecule has 0 bridgehead atoms. The smallest absolute Gasteiger partial charge is 0.254 e. The first-order chi connectivity index (χ1) is 11.9. The second-order valence-electron chi connectivity index (χ2n) is 5.46. The van der Waals surface area contributed by atoms with E-state index in [1.54, 1.807) is 18.2 Å². The molecule has 25 heavy (non-hydrogen) atoms. The number of hydrogen-bond acceptors (Lipinski definition) is 6. The van der Waals surface area contributed by atoms with E-state index in [-0.39, 0.29) is 17.5 Å². The zero-order valence-corrected chi connectivity index (χ0v) is 14.3. The van der Waals surface area contributed by atoms with E-state index in [4.69, 9.17) is 11.6 Å². The van der Waals surface area contributed by atoms with E-state index in [0.717, 1.165) is 5.39 Å². The van der Waals surface area contributed by atoms with Crippen LogP contribution >= 0.6 is 11.6 Å². The summed E-state index contributed by atoms with van der Waals surface area (Å²) >= 11 is 5.95. The molecule has 1 amide bonds. The molecule has 3 heterocycles. The number of aromatic nitrogens is 4. The van der Waals surface area contributed by atoms with Gasteiger partial charge in [-0.1, -0.05) is 11.6 Å². The number of amides is 1. The lowest BCUT2D eigenvalue weighted by molar-refractivity contribution is -0.114. The fourth-order valence-corrected chi connectivity index (χ4v) is 2.52. The van der Waals surface area contributed by atoms with Crippen molar-refractivity contribution in [1.82, 2.24) is 19.9 Å². The van der Waals surface area contributed by atoms with Crippen molar-refractivity contribution in [2.75, 3.05) is 10.6 Å². The molecule has 0 aliphatic rings. The Bertz CT molecular complexity index is 1000. The zero-order chi connectivity index (χ0) is 18.0. The van der Waals surface area contributed by atoms with Crippen LogP contribution in [0.15, 0.2) is 35.4 Å². The van der Waals surface area contributed by atoms with E-state index in [1.165, 1.54) is 19.3 Å². The fraction of sp³-hybridized carbons (Fsp3) is 0.188. The molecule has 8 nitrogen and oxygen atoms in total. The standard InChI is InChI=1S/C16H15ClN6O2/c1-8(20-16-18-4-3-13(22-16)21-9(2)24)12-6-10-5-11(17)7-19-14(10)23-15(12)25/h3-8H,1-2H3,(H,19,23,25)(H2,18,20,21,22,24)/t8-/m0/s1. The van der Waals surface area contributed by atoms with Crippen LogP contribution in [0.5, 0.6) is 0 Å². The summed E-state index contributed by atoms with van der Waals surface area (Å²) in [5.41, 5.74) is 0.694. The van der Waals surface area contributed by atoms with Gasteiger partial charge in [-0.25, -0.2) is 9.97 Å². The average Bonchev–Trinajstić information content (AvgIpc) is 2.54. The van der Waals surface area contributed by atoms with Crippen molar-refractivity contribution >= 4 is 40.3 Å². The van der Waals surface area contributed by atoms with Gasteiger partial charge in [0.05, 0.1) is 11.1 Å². The minimum Gasteiger partial charge on any atom is -0.347 e. The van der Waals surface area contributed by atoms with Crippen LogP contribution < -0.4 is 16.2 Å². The lowest BCUT2D eigenvalue weighted by Crippen LogP contribution is -2.20. The van der Waals surface area contributed by atoms with Crippen molar-refractivity contribution in [3.05, 3.63) is 51.5 Å². The quantitative estimate of drug-likeness (QED) is 0.660. The first-order valence-corrected chi connectivity index (χ1v) is 7.86. The van der Waals surface area contributed by atoms with Gasteiger partial charge < -0.3 is 15.6 Å². The number of nitrogens with zero attached hydrogens (tertiary/aromatic N) is 3. The third-order valence-electron chi connectivity index (χ3n) is 3.46. The molecule has 0 radical (unpaired) electrons. The van der Waals surface area contributed by atoms with Gasteiger partial charge >= 0.3 is 0 Å². The third kappa shape index (κ3) is 3.92. The van der Waals surface area contributed by atoms with Gasteiger partial charge in [-0.15, -0.1) is 0 Å². The second-order valence-corrected chi connectivity index (χ2v) is 5.89. The Hall–Kier alpha value is -3.00. The Labute approximate surface area is 147 Å². The van der Waals surface area contributed by atoms with Crippen molar-refractivity contribution in [3.8, 4) is 0 Å². The van der Waals surface area contributed by atoms with Crippen LogP contribution in [0.3, 0.4) is 0 Å². The van der Waals surface area contributed by atoms with Crippen LogP contribution in [0, 0.1) is 0 Å². The molecule has 0 saturated carbocycles. The van der Waals surface area contributed by atoms with E-state index in [1.807, 2.05) is 6.92 Å². The number of nitrogens with one attached hydrogen (secondary N) is 3. The topological polar surface area (TPSA) is 113 Å². The predicted molar refractivity (Wildman–Crippen MR) is 95.7 cm³/mol. The summed E-state index contributed by atoms with van der Waals surface area (Å²) in [4.78, 5) is 38.5. The van der Waals surface area contributed by atoms with Gasteiger partial charge in [-0.05, 0) is 25.1 Å². The molecule has 9 heteroatoms. The Balaban J connectivity index is 1.89. The molecule has 3 aromatic rings. The first kappa shape index (κ1) is 16.8. The minimum absolute atomic E-state index is 0.229. The van der Waals surface area contributed by atoms with Gasteiger partial charge in [0.2, 0.25) is 11.9 Å². The monoisotopic (exact) mass is 358 g/mol. The average molecular weight is 359 g/mol. The summed E-state index contributed by atoms with van der Waals surface area (Å²) in [6.45, 7) is 3.20. The van der Waals surface area contributed by atoms with Gasteiger partial charge in [-0.3, -0.25) is 9.59 Å². The zero-order valence-electron chi connectivity index (χ0n) is 13.5. The third-order valence-corrected chi connectivity index (χ3v) is 3.67.